The second-order valence-corrected chi connectivity index (χ2v) is 9.02. The molecule has 1 aromatic carbocycles. The van der Waals surface area contributed by atoms with Crippen molar-refractivity contribution in [1.82, 2.24) is 15.3 Å². The monoisotopic (exact) mass is 511 g/mol. The largest absolute Gasteiger partial charge is 0.489 e. The zero-order chi connectivity index (χ0) is 25.7. The van der Waals surface area contributed by atoms with Crippen LogP contribution in [0.1, 0.15) is 29.0 Å². The van der Waals surface area contributed by atoms with Gasteiger partial charge in [-0.1, -0.05) is 0 Å². The number of carbonyl (C=O) groups is 2. The van der Waals surface area contributed by atoms with Gasteiger partial charge in [-0.15, -0.1) is 0 Å². The van der Waals surface area contributed by atoms with Crippen LogP contribution in [0.25, 0.3) is 0 Å². The highest BCUT2D eigenvalue weighted by atomic mass is 19.4. The summed E-state index contributed by atoms with van der Waals surface area (Å²) in [7, 11) is 0. The molecule has 2 aromatic heterocycles. The maximum Gasteiger partial charge on any atom is 0.416 e. The van der Waals surface area contributed by atoms with Crippen LogP contribution in [0.15, 0.2) is 48.8 Å². The summed E-state index contributed by atoms with van der Waals surface area (Å²) in [5.74, 6) is 2.30. The topological polar surface area (TPSA) is 114 Å². The molecular weight excluding hydrogens is 491 g/mol. The highest BCUT2D eigenvalue weighted by Crippen LogP contribution is 2.58. The lowest BCUT2D eigenvalue weighted by Crippen LogP contribution is -2.32. The average molecular weight is 511 g/mol. The smallest absolute Gasteiger partial charge is 0.416 e. The first kappa shape index (κ1) is 23.1. The molecule has 6 rings (SSSR count). The van der Waals surface area contributed by atoms with E-state index in [4.69, 9.17) is 9.47 Å². The van der Waals surface area contributed by atoms with Crippen LogP contribution in [0.4, 0.5) is 29.6 Å². The average Bonchev–Trinajstić information content (AvgIpc) is 3.41. The number of rotatable bonds is 5. The summed E-state index contributed by atoms with van der Waals surface area (Å²) in [6, 6.07) is 8.26. The van der Waals surface area contributed by atoms with Gasteiger partial charge in [-0.05, 0) is 42.8 Å². The first-order valence-electron chi connectivity index (χ1n) is 11.6. The summed E-state index contributed by atoms with van der Waals surface area (Å²) in [6.07, 6.45) is -1.15. The van der Waals surface area contributed by atoms with E-state index in [1.54, 1.807) is 18.3 Å². The number of pyridine rings is 2. The quantitative estimate of drug-likeness (QED) is 0.466. The fraction of sp³-hybridized carbons (Fsp3) is 0.280. The number of nitrogens with zero attached hydrogens (tertiary/aromatic N) is 2. The Hall–Kier alpha value is -4.35. The zero-order valence-corrected chi connectivity index (χ0v) is 19.1. The van der Waals surface area contributed by atoms with Crippen LogP contribution in [0.5, 0.6) is 17.2 Å². The predicted octanol–water partition coefficient (Wildman–Crippen LogP) is 4.47. The van der Waals surface area contributed by atoms with Crippen LogP contribution >= 0.6 is 0 Å². The molecule has 37 heavy (non-hydrogen) atoms. The highest BCUT2D eigenvalue weighted by Gasteiger charge is 2.58. The molecule has 3 N–H and O–H groups in total. The molecule has 0 bridgehead atoms. The minimum Gasteiger partial charge on any atom is -0.489 e. The number of benzene rings is 1. The Balaban J connectivity index is 1.08. The van der Waals surface area contributed by atoms with Gasteiger partial charge in [0.1, 0.15) is 35.0 Å². The van der Waals surface area contributed by atoms with Crippen LogP contribution in [-0.4, -0.2) is 34.6 Å². The van der Waals surface area contributed by atoms with Crippen molar-refractivity contribution in [2.75, 3.05) is 17.2 Å². The van der Waals surface area contributed by atoms with Gasteiger partial charge in [0.05, 0.1) is 5.56 Å². The van der Waals surface area contributed by atoms with E-state index >= 15 is 0 Å². The van der Waals surface area contributed by atoms with Crippen LogP contribution in [-0.2, 0) is 17.4 Å². The molecule has 3 amide bonds. The van der Waals surface area contributed by atoms with Gasteiger partial charge in [-0.2, -0.15) is 13.2 Å². The predicted molar refractivity (Wildman–Crippen MR) is 125 cm³/mol. The van der Waals surface area contributed by atoms with E-state index in [0.29, 0.717) is 30.2 Å². The van der Waals surface area contributed by atoms with Gasteiger partial charge in [0.2, 0.25) is 5.91 Å². The second-order valence-electron chi connectivity index (χ2n) is 9.02. The standard InChI is InChI=1S/C25H20F3N5O4/c26-25(27,28)12-5-7-29-19(9-12)32-24(35)31-11-16-21-15-10-13(1-3-17(15)37-22(16)21)36-18-6-8-30-23-14(18)2-4-20(34)33-23/h1,3,5-10,16,21-22H,2,4,11H2,(H,30,33,34)(H2,29,31,32,35). The van der Waals surface area contributed by atoms with Gasteiger partial charge in [0.15, 0.2) is 0 Å². The molecule has 3 aromatic rings. The number of fused-ring (bicyclic) bond motifs is 4. The van der Waals surface area contributed by atoms with Gasteiger partial charge in [0, 0.05) is 48.3 Å². The number of halogens is 3. The maximum atomic E-state index is 12.9. The van der Waals surface area contributed by atoms with E-state index in [9.17, 15) is 22.8 Å². The minimum atomic E-state index is -4.53. The lowest BCUT2D eigenvalue weighted by atomic mass is 10.1. The highest BCUT2D eigenvalue weighted by molar-refractivity contribution is 5.93. The van der Waals surface area contributed by atoms with E-state index in [0.717, 1.165) is 35.2 Å². The Morgan fingerprint density at radius 1 is 1.14 bits per heavy atom. The van der Waals surface area contributed by atoms with Crippen molar-refractivity contribution >= 4 is 23.6 Å². The van der Waals surface area contributed by atoms with Gasteiger partial charge < -0.3 is 20.1 Å². The summed E-state index contributed by atoms with van der Waals surface area (Å²) < 4.78 is 50.7. The maximum absolute atomic E-state index is 12.9. The Labute approximate surface area is 208 Å². The summed E-state index contributed by atoms with van der Waals surface area (Å²) in [5, 5.41) is 7.76. The summed E-state index contributed by atoms with van der Waals surface area (Å²) in [4.78, 5) is 31.9. The van der Waals surface area contributed by atoms with Gasteiger partial charge in [0.25, 0.3) is 0 Å². The van der Waals surface area contributed by atoms with E-state index < -0.39 is 17.8 Å². The normalized spacial score (nSPS) is 21.1. The first-order valence-corrected chi connectivity index (χ1v) is 11.6. The Morgan fingerprint density at radius 2 is 1.97 bits per heavy atom. The fourth-order valence-electron chi connectivity index (χ4n) is 4.78. The molecule has 0 saturated heterocycles. The third kappa shape index (κ3) is 4.50. The number of anilines is 2. The molecule has 0 radical (unpaired) electrons. The summed E-state index contributed by atoms with van der Waals surface area (Å²) in [5.41, 5.74) is 0.909. The lowest BCUT2D eigenvalue weighted by Gasteiger charge is -2.19. The van der Waals surface area contributed by atoms with Crippen molar-refractivity contribution in [1.29, 1.82) is 0 Å². The van der Waals surface area contributed by atoms with Crippen molar-refractivity contribution < 1.29 is 32.2 Å². The zero-order valence-electron chi connectivity index (χ0n) is 19.1. The van der Waals surface area contributed by atoms with E-state index in [1.807, 2.05) is 12.1 Å². The molecule has 3 atom stereocenters. The fourth-order valence-corrected chi connectivity index (χ4v) is 4.78. The van der Waals surface area contributed by atoms with Gasteiger partial charge in [-0.3, -0.25) is 10.1 Å². The number of hydrogen-bond donors (Lipinski definition) is 3. The summed E-state index contributed by atoms with van der Waals surface area (Å²) in [6.45, 7) is 0.280. The molecule has 1 fully saturated rings. The number of alkyl halides is 3. The van der Waals surface area contributed by atoms with Crippen molar-refractivity contribution in [2.45, 2.75) is 31.0 Å². The molecule has 3 aliphatic rings. The molecule has 2 aliphatic heterocycles. The third-order valence-corrected chi connectivity index (χ3v) is 6.63. The van der Waals surface area contributed by atoms with Crippen molar-refractivity contribution in [3.8, 4) is 17.2 Å². The van der Waals surface area contributed by atoms with Crippen molar-refractivity contribution in [3.63, 3.8) is 0 Å². The molecular formula is C25H20F3N5O4. The Kier molecular flexibility index (Phi) is 5.39. The Bertz CT molecular complexity index is 1410. The SMILES string of the molecule is O=C1CCc2c(Oc3ccc4c(c3)C3C(CNC(=O)Nc5cc(C(F)(F)F)ccn5)C3O4)ccnc2N1. The van der Waals surface area contributed by atoms with E-state index in [-0.39, 0.29) is 36.2 Å². The number of amides is 3. The molecule has 190 valence electrons. The minimum absolute atomic E-state index is 0.0202. The van der Waals surface area contributed by atoms with Crippen LogP contribution in [0, 0.1) is 5.92 Å². The third-order valence-electron chi connectivity index (χ3n) is 6.63. The molecule has 1 aliphatic carbocycles. The van der Waals surface area contributed by atoms with Gasteiger partial charge in [-0.25, -0.2) is 14.8 Å². The van der Waals surface area contributed by atoms with Crippen molar-refractivity contribution in [2.24, 2.45) is 5.92 Å². The lowest BCUT2D eigenvalue weighted by molar-refractivity contribution is -0.137. The summed E-state index contributed by atoms with van der Waals surface area (Å²) >= 11 is 0. The first-order chi connectivity index (χ1) is 17.8. The molecule has 4 heterocycles. The number of ether oxygens (including phenoxy) is 2. The number of hydrogen-bond acceptors (Lipinski definition) is 6. The molecule has 0 spiro atoms. The van der Waals surface area contributed by atoms with Crippen LogP contribution in [0.3, 0.4) is 0 Å². The molecule has 12 heteroatoms. The molecule has 1 saturated carbocycles. The van der Waals surface area contributed by atoms with E-state index in [1.165, 1.54) is 0 Å². The molecule has 3 unspecified atom stereocenters. The number of carbonyl (C=O) groups excluding carboxylic acids is 2. The van der Waals surface area contributed by atoms with Gasteiger partial charge >= 0.3 is 12.2 Å². The number of aromatic nitrogens is 2. The molecule has 9 nitrogen and oxygen atoms in total. The Morgan fingerprint density at radius 3 is 2.81 bits per heavy atom. The number of nitrogens with one attached hydrogen (secondary N) is 3. The van der Waals surface area contributed by atoms with Crippen molar-refractivity contribution in [3.05, 3.63) is 65.5 Å². The van der Waals surface area contributed by atoms with E-state index in [2.05, 4.69) is 25.9 Å². The van der Waals surface area contributed by atoms with Crippen LogP contribution < -0.4 is 25.4 Å². The van der Waals surface area contributed by atoms with Crippen LogP contribution in [0.2, 0.25) is 0 Å². The number of urea groups is 1. The second kappa shape index (κ2) is 8.64.